The number of esters is 1. The van der Waals surface area contributed by atoms with Gasteiger partial charge in [0.05, 0.1) is 22.1 Å². The zero-order chi connectivity index (χ0) is 22.7. The summed E-state index contributed by atoms with van der Waals surface area (Å²) in [7, 11) is 1.19. The molecule has 0 saturated carbocycles. The largest absolute Gasteiger partial charge is 0.486 e. The van der Waals surface area contributed by atoms with E-state index >= 15 is 0 Å². The minimum atomic E-state index is -1.02. The average Bonchev–Trinajstić information content (AvgIpc) is 3.00. The first-order valence-corrected chi connectivity index (χ1v) is 11.3. The zero-order valence-corrected chi connectivity index (χ0v) is 20.3. The third-order valence-corrected chi connectivity index (χ3v) is 6.34. The van der Waals surface area contributed by atoms with Crippen molar-refractivity contribution in [2.45, 2.75) is 19.6 Å². The molecule has 0 aliphatic carbocycles. The fourth-order valence-corrected chi connectivity index (χ4v) is 4.56. The second-order valence-electron chi connectivity index (χ2n) is 6.48. The molecule has 2 aromatic carbocycles. The minimum absolute atomic E-state index is 0.149. The van der Waals surface area contributed by atoms with Crippen LogP contribution in [0.3, 0.4) is 0 Å². The number of rotatable bonds is 6. The van der Waals surface area contributed by atoms with Gasteiger partial charge in [-0.3, -0.25) is 14.5 Å². The molecule has 1 aliphatic rings. The molecule has 10 heteroatoms. The molecule has 1 atom stereocenters. The van der Waals surface area contributed by atoms with Crippen LogP contribution in [0.5, 0.6) is 5.75 Å². The Bertz CT molecular complexity index is 1050. The number of hydrogen-bond acceptors (Lipinski definition) is 6. The quantitative estimate of drug-likeness (QED) is 0.331. The zero-order valence-electron chi connectivity index (χ0n) is 16.4. The van der Waals surface area contributed by atoms with Gasteiger partial charge in [0, 0.05) is 4.47 Å². The van der Waals surface area contributed by atoms with Crippen LogP contribution in [-0.4, -0.2) is 35.2 Å². The van der Waals surface area contributed by atoms with Gasteiger partial charge in [0.25, 0.3) is 11.1 Å². The van der Waals surface area contributed by atoms with E-state index in [9.17, 15) is 14.4 Å². The number of methoxy groups -OCH3 is 1. The molecule has 1 heterocycles. The van der Waals surface area contributed by atoms with Crippen LogP contribution < -0.4 is 4.74 Å². The van der Waals surface area contributed by atoms with Gasteiger partial charge in [0.1, 0.15) is 12.6 Å². The lowest BCUT2D eigenvalue weighted by molar-refractivity contribution is -0.148. The summed E-state index contributed by atoms with van der Waals surface area (Å²) in [5, 5.41) is -0.0307. The van der Waals surface area contributed by atoms with Crippen molar-refractivity contribution in [1.29, 1.82) is 0 Å². The number of amides is 2. The van der Waals surface area contributed by atoms with Crippen molar-refractivity contribution in [3.05, 3.63) is 66.9 Å². The summed E-state index contributed by atoms with van der Waals surface area (Å²) in [6, 6.07) is 9.77. The molecular weight excluding hydrogens is 529 g/mol. The Kier molecular flexibility index (Phi) is 7.69. The molecule has 0 aromatic heterocycles. The van der Waals surface area contributed by atoms with Crippen LogP contribution in [-0.2, 0) is 20.9 Å². The van der Waals surface area contributed by atoms with Crippen molar-refractivity contribution in [1.82, 2.24) is 4.90 Å². The van der Waals surface area contributed by atoms with Crippen LogP contribution in [0.15, 0.2) is 45.8 Å². The van der Waals surface area contributed by atoms with Crippen LogP contribution in [0.2, 0.25) is 10.0 Å². The van der Waals surface area contributed by atoms with Crippen LogP contribution >= 0.6 is 50.9 Å². The Labute approximate surface area is 201 Å². The molecule has 31 heavy (non-hydrogen) atoms. The highest BCUT2D eigenvalue weighted by atomic mass is 79.9. The van der Waals surface area contributed by atoms with Crippen LogP contribution in [0.4, 0.5) is 4.79 Å². The van der Waals surface area contributed by atoms with Crippen molar-refractivity contribution in [3.8, 4) is 5.75 Å². The molecule has 0 unspecified atom stereocenters. The highest BCUT2D eigenvalue weighted by molar-refractivity contribution is 9.10. The van der Waals surface area contributed by atoms with Gasteiger partial charge in [-0.25, -0.2) is 4.79 Å². The highest BCUT2D eigenvalue weighted by Gasteiger charge is 2.41. The van der Waals surface area contributed by atoms with Gasteiger partial charge in [0.15, 0.2) is 5.75 Å². The fraction of sp³-hybridized carbons (Fsp3) is 0.190. The van der Waals surface area contributed by atoms with Gasteiger partial charge in [-0.1, -0.05) is 51.3 Å². The van der Waals surface area contributed by atoms with Crippen LogP contribution in [0, 0.1) is 0 Å². The van der Waals surface area contributed by atoms with Crippen molar-refractivity contribution in [3.63, 3.8) is 0 Å². The smallest absolute Gasteiger partial charge is 0.328 e. The number of halogens is 3. The van der Waals surface area contributed by atoms with E-state index in [0.29, 0.717) is 11.3 Å². The Hall–Kier alpha value is -2.00. The van der Waals surface area contributed by atoms with E-state index in [4.69, 9.17) is 27.9 Å². The number of thioether (sulfide) groups is 1. The van der Waals surface area contributed by atoms with Gasteiger partial charge in [0.2, 0.25) is 0 Å². The average molecular weight is 545 g/mol. The van der Waals surface area contributed by atoms with Crippen LogP contribution in [0.1, 0.15) is 18.1 Å². The predicted octanol–water partition coefficient (Wildman–Crippen LogP) is 5.93. The van der Waals surface area contributed by atoms with Crippen molar-refractivity contribution < 1.29 is 23.9 Å². The summed E-state index contributed by atoms with van der Waals surface area (Å²) in [5.41, 5.74) is 1.45. The van der Waals surface area contributed by atoms with E-state index < -0.39 is 23.2 Å². The standard InChI is InChI=1S/C21H16BrCl2NO5S/c1-11(20(27)29-2)25-19(26)17(31-21(25)28)9-13-7-15(23)18(16(24)8-13)30-10-12-3-5-14(22)6-4-12/h3-9,11H,10H2,1-2H3/b17-9+/t11-/m1/s1. The molecule has 2 aromatic rings. The van der Waals surface area contributed by atoms with Gasteiger partial charge < -0.3 is 9.47 Å². The fourth-order valence-electron chi connectivity index (χ4n) is 2.78. The number of imide groups is 1. The summed E-state index contributed by atoms with van der Waals surface area (Å²) in [6.45, 7) is 1.70. The lowest BCUT2D eigenvalue weighted by atomic mass is 10.2. The second-order valence-corrected chi connectivity index (χ2v) is 9.20. The number of carbonyl (C=O) groups is 3. The number of benzene rings is 2. The lowest BCUT2D eigenvalue weighted by Gasteiger charge is -2.18. The first-order valence-electron chi connectivity index (χ1n) is 8.92. The van der Waals surface area contributed by atoms with Crippen LogP contribution in [0.25, 0.3) is 6.08 Å². The molecule has 162 valence electrons. The monoisotopic (exact) mass is 543 g/mol. The number of ether oxygens (including phenoxy) is 2. The molecule has 0 spiro atoms. The van der Waals surface area contributed by atoms with E-state index in [-0.39, 0.29) is 21.6 Å². The number of carbonyl (C=O) groups excluding carboxylic acids is 3. The first kappa shape index (κ1) is 23.7. The molecule has 1 aliphatic heterocycles. The third kappa shape index (κ3) is 5.44. The predicted molar refractivity (Wildman–Crippen MR) is 124 cm³/mol. The van der Waals surface area contributed by atoms with E-state index in [1.807, 2.05) is 24.3 Å². The molecule has 1 fully saturated rings. The van der Waals surface area contributed by atoms with E-state index in [1.54, 1.807) is 12.1 Å². The van der Waals surface area contributed by atoms with Crippen molar-refractivity contribution in [2.75, 3.05) is 7.11 Å². The van der Waals surface area contributed by atoms with Gasteiger partial charge in [-0.2, -0.15) is 0 Å². The maximum atomic E-state index is 12.6. The Morgan fingerprint density at radius 1 is 1.19 bits per heavy atom. The molecule has 0 N–H and O–H groups in total. The third-order valence-electron chi connectivity index (χ3n) is 4.37. The summed E-state index contributed by atoms with van der Waals surface area (Å²) in [6.07, 6.45) is 1.49. The molecule has 6 nitrogen and oxygen atoms in total. The molecular formula is C21H16BrCl2NO5S. The second kappa shape index (κ2) is 10.1. The molecule has 1 saturated heterocycles. The maximum Gasteiger partial charge on any atom is 0.328 e. The first-order chi connectivity index (χ1) is 14.7. The summed E-state index contributed by atoms with van der Waals surface area (Å²) < 4.78 is 11.3. The minimum Gasteiger partial charge on any atom is -0.486 e. The van der Waals surface area contributed by atoms with E-state index in [0.717, 1.165) is 26.7 Å². The summed E-state index contributed by atoms with van der Waals surface area (Å²) >= 11 is 16.8. The summed E-state index contributed by atoms with van der Waals surface area (Å²) in [5.74, 6) is -0.951. The molecule has 0 bridgehead atoms. The number of nitrogens with zero attached hydrogens (tertiary/aromatic N) is 1. The van der Waals surface area contributed by atoms with Crippen molar-refractivity contribution in [2.24, 2.45) is 0 Å². The van der Waals surface area contributed by atoms with Gasteiger partial charge >= 0.3 is 5.97 Å². The Balaban J connectivity index is 1.78. The topological polar surface area (TPSA) is 72.9 Å². The Morgan fingerprint density at radius 2 is 1.81 bits per heavy atom. The SMILES string of the molecule is COC(=O)[C@@H](C)N1C(=O)S/C(=C/c2cc(Cl)c(OCc3ccc(Br)cc3)c(Cl)c2)C1=O. The molecule has 2 amide bonds. The maximum absolute atomic E-state index is 12.6. The molecule has 0 radical (unpaired) electrons. The van der Waals surface area contributed by atoms with E-state index in [1.165, 1.54) is 20.1 Å². The van der Waals surface area contributed by atoms with E-state index in [2.05, 4.69) is 20.7 Å². The summed E-state index contributed by atoms with van der Waals surface area (Å²) in [4.78, 5) is 37.6. The molecule has 3 rings (SSSR count). The van der Waals surface area contributed by atoms with Crippen molar-refractivity contribution >= 4 is 74.1 Å². The van der Waals surface area contributed by atoms with Gasteiger partial charge in [-0.05, 0) is 60.2 Å². The number of hydrogen-bond donors (Lipinski definition) is 0. The highest BCUT2D eigenvalue weighted by Crippen LogP contribution is 2.38. The lowest BCUT2D eigenvalue weighted by Crippen LogP contribution is -2.42. The normalized spacial score (nSPS) is 16.0. The Morgan fingerprint density at radius 3 is 2.39 bits per heavy atom. The van der Waals surface area contributed by atoms with Gasteiger partial charge in [-0.15, -0.1) is 0 Å².